The minimum Gasteiger partial charge on any atom is -0.325 e. The van der Waals surface area contributed by atoms with Gasteiger partial charge in [0.1, 0.15) is 0 Å². The van der Waals surface area contributed by atoms with Crippen LogP contribution >= 0.6 is 23.2 Å². The molecule has 1 N–H and O–H groups in total. The quantitative estimate of drug-likeness (QED) is 0.537. The van der Waals surface area contributed by atoms with E-state index in [4.69, 9.17) is 23.2 Å². The maximum Gasteiger partial charge on any atom is 0.332 e. The second kappa shape index (κ2) is 7.38. The van der Waals surface area contributed by atoms with Crippen molar-refractivity contribution in [2.75, 3.05) is 5.32 Å². The van der Waals surface area contributed by atoms with Crippen LogP contribution < -0.4 is 16.6 Å². The van der Waals surface area contributed by atoms with Crippen molar-refractivity contribution < 1.29 is 0 Å². The van der Waals surface area contributed by atoms with Crippen LogP contribution in [0, 0.1) is 0 Å². The van der Waals surface area contributed by atoms with Crippen LogP contribution in [-0.2, 0) is 20.6 Å². The van der Waals surface area contributed by atoms with E-state index >= 15 is 0 Å². The monoisotopic (exact) mass is 430 g/mol. The standard InChI is InChI=1S/C19H16Cl2N6O2/c1-25-15-16(24-18(25)23-12-5-7-22-8-6-12)26(2)19(29)27(17(15)28)10-11-3-4-13(20)14(21)9-11/h3-9H,10H2,1-2H3,(H,22,23,24). The van der Waals surface area contributed by atoms with Gasteiger partial charge >= 0.3 is 5.69 Å². The van der Waals surface area contributed by atoms with Crippen LogP contribution in [0.5, 0.6) is 0 Å². The molecule has 4 rings (SSSR count). The summed E-state index contributed by atoms with van der Waals surface area (Å²) < 4.78 is 4.13. The first-order valence-electron chi connectivity index (χ1n) is 8.64. The van der Waals surface area contributed by atoms with Crippen LogP contribution in [0.2, 0.25) is 10.0 Å². The van der Waals surface area contributed by atoms with Gasteiger partial charge in [0.15, 0.2) is 11.2 Å². The molecule has 0 spiro atoms. The Morgan fingerprint density at radius 3 is 2.41 bits per heavy atom. The number of hydrogen-bond donors (Lipinski definition) is 1. The molecule has 0 radical (unpaired) electrons. The summed E-state index contributed by atoms with van der Waals surface area (Å²) in [4.78, 5) is 34.4. The van der Waals surface area contributed by atoms with E-state index in [1.165, 1.54) is 4.57 Å². The lowest BCUT2D eigenvalue weighted by molar-refractivity contribution is 0.655. The average molecular weight is 431 g/mol. The number of aryl methyl sites for hydroxylation is 2. The molecule has 1 aromatic carbocycles. The molecule has 0 aliphatic heterocycles. The third-order valence-corrected chi connectivity index (χ3v) is 5.36. The minimum atomic E-state index is -0.470. The van der Waals surface area contributed by atoms with Crippen molar-refractivity contribution in [3.8, 4) is 0 Å². The summed E-state index contributed by atoms with van der Waals surface area (Å²) in [7, 11) is 3.30. The summed E-state index contributed by atoms with van der Waals surface area (Å²) in [6, 6.07) is 8.56. The highest BCUT2D eigenvalue weighted by Gasteiger charge is 2.19. The summed E-state index contributed by atoms with van der Waals surface area (Å²) >= 11 is 12.0. The Kier molecular flexibility index (Phi) is 4.89. The molecule has 0 saturated heterocycles. The van der Waals surface area contributed by atoms with Crippen molar-refractivity contribution in [3.05, 3.63) is 79.2 Å². The Morgan fingerprint density at radius 1 is 1.00 bits per heavy atom. The molecule has 0 unspecified atom stereocenters. The Balaban J connectivity index is 1.85. The van der Waals surface area contributed by atoms with Crippen LogP contribution in [0.15, 0.2) is 52.3 Å². The largest absolute Gasteiger partial charge is 0.332 e. The van der Waals surface area contributed by atoms with Gasteiger partial charge in [-0.15, -0.1) is 0 Å². The van der Waals surface area contributed by atoms with Crippen LogP contribution in [0.3, 0.4) is 0 Å². The van der Waals surface area contributed by atoms with Crippen molar-refractivity contribution >= 4 is 46.0 Å². The highest BCUT2D eigenvalue weighted by Crippen LogP contribution is 2.23. The Morgan fingerprint density at radius 2 is 1.72 bits per heavy atom. The molecule has 148 valence electrons. The number of fused-ring (bicyclic) bond motifs is 1. The molecule has 4 aromatic rings. The number of hydrogen-bond acceptors (Lipinski definition) is 5. The number of anilines is 2. The van der Waals surface area contributed by atoms with Gasteiger partial charge in [-0.1, -0.05) is 29.3 Å². The van der Waals surface area contributed by atoms with Gasteiger partial charge in [-0.2, -0.15) is 4.98 Å². The number of rotatable bonds is 4. The van der Waals surface area contributed by atoms with Crippen molar-refractivity contribution in [2.45, 2.75) is 6.54 Å². The zero-order valence-corrected chi connectivity index (χ0v) is 17.1. The molecule has 0 aliphatic carbocycles. The molecule has 3 aromatic heterocycles. The molecule has 0 saturated carbocycles. The van der Waals surface area contributed by atoms with Crippen LogP contribution in [0.25, 0.3) is 11.2 Å². The van der Waals surface area contributed by atoms with E-state index in [2.05, 4.69) is 15.3 Å². The first kappa shape index (κ1) is 19.2. The summed E-state index contributed by atoms with van der Waals surface area (Å²) in [6.07, 6.45) is 3.29. The molecule has 0 bridgehead atoms. The van der Waals surface area contributed by atoms with E-state index in [-0.39, 0.29) is 6.54 Å². The molecule has 8 nitrogen and oxygen atoms in total. The highest BCUT2D eigenvalue weighted by atomic mass is 35.5. The maximum absolute atomic E-state index is 13.1. The minimum absolute atomic E-state index is 0.0661. The fourth-order valence-electron chi connectivity index (χ4n) is 3.08. The van der Waals surface area contributed by atoms with Gasteiger partial charge in [-0.25, -0.2) is 4.79 Å². The van der Waals surface area contributed by atoms with Gasteiger partial charge in [0.25, 0.3) is 5.56 Å². The molecule has 0 aliphatic rings. The second-order valence-electron chi connectivity index (χ2n) is 6.51. The van der Waals surface area contributed by atoms with Crippen LogP contribution in [0.1, 0.15) is 5.56 Å². The number of nitrogens with one attached hydrogen (secondary N) is 1. The number of benzene rings is 1. The topological polar surface area (TPSA) is 86.7 Å². The summed E-state index contributed by atoms with van der Waals surface area (Å²) in [5.41, 5.74) is 1.15. The van der Waals surface area contributed by atoms with Gasteiger partial charge in [-0.3, -0.25) is 18.9 Å². The third-order valence-electron chi connectivity index (χ3n) is 4.62. The first-order chi connectivity index (χ1) is 13.9. The molecule has 0 amide bonds. The smallest absolute Gasteiger partial charge is 0.325 e. The average Bonchev–Trinajstić information content (AvgIpc) is 3.03. The van der Waals surface area contributed by atoms with Crippen molar-refractivity contribution in [3.63, 3.8) is 0 Å². The van der Waals surface area contributed by atoms with Gasteiger partial charge in [0.05, 0.1) is 16.6 Å². The van der Waals surface area contributed by atoms with E-state index in [9.17, 15) is 9.59 Å². The molecule has 3 heterocycles. The lowest BCUT2D eigenvalue weighted by Gasteiger charge is -2.09. The molecule has 10 heteroatoms. The molecule has 29 heavy (non-hydrogen) atoms. The third kappa shape index (κ3) is 3.41. The lowest BCUT2D eigenvalue weighted by Crippen LogP contribution is -2.39. The van der Waals surface area contributed by atoms with Crippen molar-refractivity contribution in [2.24, 2.45) is 14.1 Å². The van der Waals surface area contributed by atoms with Gasteiger partial charge in [0, 0.05) is 32.2 Å². The second-order valence-corrected chi connectivity index (χ2v) is 7.32. The highest BCUT2D eigenvalue weighted by molar-refractivity contribution is 6.42. The SMILES string of the molecule is Cn1c(Nc2ccncc2)nc2c1c(=O)n(Cc1ccc(Cl)c(Cl)c1)c(=O)n2C. The predicted octanol–water partition coefficient (Wildman–Crippen LogP) is 2.93. The van der Waals surface area contributed by atoms with Crippen molar-refractivity contribution in [1.29, 1.82) is 0 Å². The van der Waals surface area contributed by atoms with E-state index in [0.29, 0.717) is 32.7 Å². The molecule has 0 fully saturated rings. The summed E-state index contributed by atoms with van der Waals surface area (Å²) in [5.74, 6) is 0.436. The number of halogens is 2. The predicted molar refractivity (Wildman–Crippen MR) is 113 cm³/mol. The molecular formula is C19H16Cl2N6O2. The fraction of sp³-hybridized carbons (Fsp3) is 0.158. The Bertz CT molecular complexity index is 1340. The Hall–Kier alpha value is -3.10. The molecule has 0 atom stereocenters. The number of aromatic nitrogens is 5. The molecular weight excluding hydrogens is 415 g/mol. The number of imidazole rings is 1. The fourth-order valence-corrected chi connectivity index (χ4v) is 3.40. The van der Waals surface area contributed by atoms with Crippen LogP contribution in [-0.4, -0.2) is 23.7 Å². The first-order valence-corrected chi connectivity index (χ1v) is 9.39. The van der Waals surface area contributed by atoms with E-state index in [1.54, 1.807) is 61.4 Å². The van der Waals surface area contributed by atoms with E-state index in [1.807, 2.05) is 0 Å². The lowest BCUT2D eigenvalue weighted by atomic mass is 10.2. The van der Waals surface area contributed by atoms with Gasteiger partial charge < -0.3 is 9.88 Å². The maximum atomic E-state index is 13.1. The van der Waals surface area contributed by atoms with Gasteiger partial charge in [0.2, 0.25) is 5.95 Å². The van der Waals surface area contributed by atoms with E-state index in [0.717, 1.165) is 10.3 Å². The zero-order valence-electron chi connectivity index (χ0n) is 15.6. The normalized spacial score (nSPS) is 11.2. The summed E-state index contributed by atoms with van der Waals surface area (Å²) in [5, 5.41) is 3.90. The van der Waals surface area contributed by atoms with Gasteiger partial charge in [-0.05, 0) is 29.8 Å². The van der Waals surface area contributed by atoms with Crippen LogP contribution in [0.4, 0.5) is 11.6 Å². The zero-order chi connectivity index (χ0) is 20.7. The van der Waals surface area contributed by atoms with E-state index < -0.39 is 11.2 Å². The Labute approximate surface area is 175 Å². The summed E-state index contributed by atoms with van der Waals surface area (Å²) in [6.45, 7) is 0.0661. The van der Waals surface area contributed by atoms with Crippen molar-refractivity contribution in [1.82, 2.24) is 23.7 Å². The number of pyridine rings is 1. The number of nitrogens with zero attached hydrogens (tertiary/aromatic N) is 5.